The summed E-state index contributed by atoms with van der Waals surface area (Å²) in [6.07, 6.45) is 4.06. The molecule has 4 aliphatic rings. The Labute approximate surface area is 148 Å². The summed E-state index contributed by atoms with van der Waals surface area (Å²) < 4.78 is 5.63. The van der Waals surface area contributed by atoms with Crippen molar-refractivity contribution in [3.05, 3.63) is 35.4 Å². The summed E-state index contributed by atoms with van der Waals surface area (Å²) in [5, 5.41) is 10.8. The number of aryl methyl sites for hydroxylation is 1. The molecule has 1 aromatic rings. The summed E-state index contributed by atoms with van der Waals surface area (Å²) in [6.45, 7) is 3.62. The molecule has 1 aromatic carbocycles. The van der Waals surface area contributed by atoms with E-state index in [0.717, 1.165) is 37.7 Å². The number of benzene rings is 1. The summed E-state index contributed by atoms with van der Waals surface area (Å²) in [4.78, 5) is 25.5. The molecule has 4 heteroatoms. The third-order valence-corrected chi connectivity index (χ3v) is 6.45. The topological polar surface area (TPSA) is 63.6 Å². The molecule has 3 atom stereocenters. The van der Waals surface area contributed by atoms with Gasteiger partial charge < -0.3 is 9.84 Å². The van der Waals surface area contributed by atoms with Crippen molar-refractivity contribution in [2.75, 3.05) is 0 Å². The van der Waals surface area contributed by atoms with Crippen molar-refractivity contribution < 1.29 is 19.4 Å². The predicted molar refractivity (Wildman–Crippen MR) is 93.1 cm³/mol. The fraction of sp³-hybridized carbons (Fsp3) is 0.619. The number of esters is 1. The second-order valence-corrected chi connectivity index (χ2v) is 8.74. The molecule has 4 nitrogen and oxygen atoms in total. The van der Waals surface area contributed by atoms with Gasteiger partial charge in [-0.15, -0.1) is 0 Å². The number of Topliss-reactive ketones (excluding diaryl/α,β-unsaturated/α-hetero) is 1. The minimum atomic E-state index is -0.794. The van der Waals surface area contributed by atoms with E-state index in [1.807, 2.05) is 19.1 Å². The molecule has 4 fully saturated rings. The van der Waals surface area contributed by atoms with Crippen LogP contribution in [0, 0.1) is 24.2 Å². The molecule has 0 saturated heterocycles. The lowest BCUT2D eigenvalue weighted by Crippen LogP contribution is -2.58. The highest BCUT2D eigenvalue weighted by Gasteiger charge is 2.61. The van der Waals surface area contributed by atoms with Crippen molar-refractivity contribution in [3.63, 3.8) is 0 Å². The van der Waals surface area contributed by atoms with Gasteiger partial charge in [-0.1, -0.05) is 29.8 Å². The van der Waals surface area contributed by atoms with Crippen molar-refractivity contribution in [3.8, 4) is 0 Å². The van der Waals surface area contributed by atoms with Crippen molar-refractivity contribution in [1.82, 2.24) is 0 Å². The first-order chi connectivity index (χ1) is 11.8. The predicted octanol–water partition coefficient (Wildman–Crippen LogP) is 3.44. The molecule has 0 aromatic heterocycles. The van der Waals surface area contributed by atoms with Crippen molar-refractivity contribution >= 4 is 11.8 Å². The highest BCUT2D eigenvalue weighted by atomic mass is 16.5. The number of ether oxygens (including phenoxy) is 1. The van der Waals surface area contributed by atoms with E-state index in [2.05, 4.69) is 0 Å². The number of ketones is 1. The molecular formula is C21H26O4. The van der Waals surface area contributed by atoms with Crippen LogP contribution in [0.4, 0.5) is 0 Å². The van der Waals surface area contributed by atoms with Gasteiger partial charge in [0.15, 0.2) is 6.10 Å². The standard InChI is InChI=1S/C21H26O4/c1-13-3-5-17(6-4-13)18(22)14(2)25-19(23)20-8-15-7-16(9-20)11-21(24,10-15)12-20/h3-6,14-16,24H,7-12H2,1-2H3/t14-,15-,16-,20?,21?/m1/s1. The highest BCUT2D eigenvalue weighted by Crippen LogP contribution is 2.62. The molecule has 4 bridgehead atoms. The summed E-state index contributed by atoms with van der Waals surface area (Å²) >= 11 is 0. The SMILES string of the molecule is Cc1ccc(C(=O)[C@@H](C)OC(=O)C23C[C@H]4C[C@@H](CC(O)(C4)C2)C3)cc1. The Hall–Kier alpha value is -1.68. The zero-order valence-corrected chi connectivity index (χ0v) is 15.0. The van der Waals surface area contributed by atoms with E-state index in [-0.39, 0.29) is 11.8 Å². The van der Waals surface area contributed by atoms with Gasteiger partial charge in [0.1, 0.15) is 0 Å². The van der Waals surface area contributed by atoms with Gasteiger partial charge in [-0.3, -0.25) is 9.59 Å². The first-order valence-corrected chi connectivity index (χ1v) is 9.33. The lowest BCUT2D eigenvalue weighted by Gasteiger charge is -2.58. The maximum absolute atomic E-state index is 13.0. The van der Waals surface area contributed by atoms with Crippen LogP contribution in [0.15, 0.2) is 24.3 Å². The van der Waals surface area contributed by atoms with Crippen LogP contribution in [0.2, 0.25) is 0 Å². The summed E-state index contributed by atoms with van der Waals surface area (Å²) in [6, 6.07) is 7.32. The number of hydrogen-bond acceptors (Lipinski definition) is 4. The van der Waals surface area contributed by atoms with Crippen LogP contribution in [-0.4, -0.2) is 28.6 Å². The molecule has 0 amide bonds. The van der Waals surface area contributed by atoms with Gasteiger partial charge >= 0.3 is 5.97 Å². The van der Waals surface area contributed by atoms with Crippen LogP contribution in [0.25, 0.3) is 0 Å². The average molecular weight is 342 g/mol. The molecular weight excluding hydrogens is 316 g/mol. The molecule has 1 N–H and O–H groups in total. The van der Waals surface area contributed by atoms with E-state index >= 15 is 0 Å². The molecule has 0 spiro atoms. The Balaban J connectivity index is 1.48. The van der Waals surface area contributed by atoms with Crippen molar-refractivity contribution in [2.45, 2.75) is 64.1 Å². The fourth-order valence-corrected chi connectivity index (χ4v) is 5.74. The minimum Gasteiger partial charge on any atom is -0.454 e. The van der Waals surface area contributed by atoms with Crippen LogP contribution in [0.3, 0.4) is 0 Å². The van der Waals surface area contributed by atoms with E-state index < -0.39 is 17.1 Å². The Morgan fingerprint density at radius 2 is 1.72 bits per heavy atom. The Morgan fingerprint density at radius 1 is 1.12 bits per heavy atom. The molecule has 0 aliphatic heterocycles. The van der Waals surface area contributed by atoms with Crippen LogP contribution < -0.4 is 0 Å². The number of rotatable bonds is 4. The van der Waals surface area contributed by atoms with E-state index in [1.54, 1.807) is 19.1 Å². The first kappa shape index (κ1) is 16.8. The fourth-order valence-electron chi connectivity index (χ4n) is 5.74. The van der Waals surface area contributed by atoms with Gasteiger partial charge in [0.25, 0.3) is 0 Å². The molecule has 5 rings (SSSR count). The Morgan fingerprint density at radius 3 is 2.28 bits per heavy atom. The van der Waals surface area contributed by atoms with Crippen LogP contribution >= 0.6 is 0 Å². The lowest BCUT2D eigenvalue weighted by atomic mass is 9.48. The zero-order chi connectivity index (χ0) is 17.8. The minimum absolute atomic E-state index is 0.170. The van der Waals surface area contributed by atoms with Gasteiger partial charge in [-0.05, 0) is 64.2 Å². The largest absolute Gasteiger partial charge is 0.454 e. The third kappa shape index (κ3) is 2.91. The van der Waals surface area contributed by atoms with E-state index in [9.17, 15) is 14.7 Å². The summed E-state index contributed by atoms with van der Waals surface area (Å²) in [5.74, 6) is 0.383. The maximum Gasteiger partial charge on any atom is 0.312 e. The maximum atomic E-state index is 13.0. The smallest absolute Gasteiger partial charge is 0.312 e. The Bertz CT molecular complexity index is 691. The number of carbonyl (C=O) groups is 2. The second kappa shape index (κ2) is 5.66. The Kier molecular flexibility index (Phi) is 3.80. The van der Waals surface area contributed by atoms with Crippen LogP contribution in [0.5, 0.6) is 0 Å². The van der Waals surface area contributed by atoms with E-state index in [0.29, 0.717) is 23.8 Å². The molecule has 0 unspecified atom stereocenters. The molecule has 4 aliphatic carbocycles. The third-order valence-electron chi connectivity index (χ3n) is 6.45. The zero-order valence-electron chi connectivity index (χ0n) is 15.0. The van der Waals surface area contributed by atoms with Gasteiger partial charge in [0, 0.05) is 5.56 Å². The van der Waals surface area contributed by atoms with Gasteiger partial charge in [0.05, 0.1) is 11.0 Å². The van der Waals surface area contributed by atoms with Crippen molar-refractivity contribution in [1.29, 1.82) is 0 Å². The van der Waals surface area contributed by atoms with Gasteiger partial charge in [-0.25, -0.2) is 0 Å². The van der Waals surface area contributed by atoms with Crippen LogP contribution in [0.1, 0.15) is 61.4 Å². The molecule has 25 heavy (non-hydrogen) atoms. The van der Waals surface area contributed by atoms with Crippen molar-refractivity contribution in [2.24, 2.45) is 17.3 Å². The van der Waals surface area contributed by atoms with Gasteiger partial charge in [0.2, 0.25) is 5.78 Å². The molecule has 4 saturated carbocycles. The number of carbonyl (C=O) groups excluding carboxylic acids is 2. The van der Waals surface area contributed by atoms with Crippen LogP contribution in [-0.2, 0) is 9.53 Å². The van der Waals surface area contributed by atoms with E-state index in [1.165, 1.54) is 0 Å². The molecule has 134 valence electrons. The van der Waals surface area contributed by atoms with Gasteiger partial charge in [-0.2, -0.15) is 0 Å². The average Bonchev–Trinajstić information content (AvgIpc) is 2.52. The summed E-state index contributed by atoms with van der Waals surface area (Å²) in [7, 11) is 0. The normalized spacial score (nSPS) is 36.9. The number of aliphatic hydroxyl groups is 1. The molecule has 0 radical (unpaired) electrons. The molecule has 0 heterocycles. The lowest BCUT2D eigenvalue weighted by molar-refractivity contribution is -0.197. The summed E-state index contributed by atoms with van der Waals surface area (Å²) in [5.41, 5.74) is 0.367. The number of hydrogen-bond donors (Lipinski definition) is 1. The second-order valence-electron chi connectivity index (χ2n) is 8.74. The monoisotopic (exact) mass is 342 g/mol. The van der Waals surface area contributed by atoms with E-state index in [4.69, 9.17) is 4.74 Å². The first-order valence-electron chi connectivity index (χ1n) is 9.33. The quantitative estimate of drug-likeness (QED) is 0.672. The highest BCUT2D eigenvalue weighted by molar-refractivity contribution is 6.00.